The van der Waals surface area contributed by atoms with Crippen LogP contribution >= 0.6 is 11.6 Å². The smallest absolute Gasteiger partial charge is 0.307 e. The molecule has 1 amide bonds. The average Bonchev–Trinajstić information content (AvgIpc) is 2.41. The minimum atomic E-state index is -1.00. The number of rotatable bonds is 3. The summed E-state index contributed by atoms with van der Waals surface area (Å²) in [6.07, 6.45) is 4.23. The lowest BCUT2D eigenvalue weighted by atomic mass is 9.82. The quantitative estimate of drug-likeness (QED) is 0.843. The molecule has 0 saturated carbocycles. The molecule has 0 radical (unpaired) electrons. The van der Waals surface area contributed by atoms with Crippen molar-refractivity contribution in [1.29, 1.82) is 0 Å². The van der Waals surface area contributed by atoms with E-state index in [0.717, 1.165) is 6.07 Å². The summed E-state index contributed by atoms with van der Waals surface area (Å²) in [5.74, 6) is -3.33. The Labute approximate surface area is 120 Å². The second-order valence-electron chi connectivity index (χ2n) is 4.61. The molecule has 2 N–H and O–H groups in total. The topological polar surface area (TPSA) is 66.4 Å². The molecule has 2 unspecified atom stereocenters. The molecule has 2 atom stereocenters. The highest BCUT2D eigenvalue weighted by Crippen LogP contribution is 2.29. The Morgan fingerprint density at radius 1 is 1.25 bits per heavy atom. The van der Waals surface area contributed by atoms with E-state index in [0.29, 0.717) is 12.8 Å². The van der Waals surface area contributed by atoms with Gasteiger partial charge in [-0.15, -0.1) is 0 Å². The van der Waals surface area contributed by atoms with Crippen LogP contribution in [0, 0.1) is 17.7 Å². The van der Waals surface area contributed by atoms with Gasteiger partial charge in [-0.3, -0.25) is 9.59 Å². The van der Waals surface area contributed by atoms with E-state index in [-0.39, 0.29) is 10.7 Å². The Hall–Kier alpha value is -1.88. The molecule has 0 saturated heterocycles. The molecule has 1 aliphatic carbocycles. The third-order valence-corrected chi connectivity index (χ3v) is 3.59. The molecule has 0 bridgehead atoms. The van der Waals surface area contributed by atoms with E-state index in [9.17, 15) is 14.0 Å². The maximum atomic E-state index is 12.9. The van der Waals surface area contributed by atoms with Crippen LogP contribution in [0.5, 0.6) is 0 Å². The molecule has 6 heteroatoms. The van der Waals surface area contributed by atoms with Gasteiger partial charge in [-0.25, -0.2) is 4.39 Å². The van der Waals surface area contributed by atoms with Crippen molar-refractivity contribution < 1.29 is 19.1 Å². The molecule has 0 aromatic heterocycles. The normalized spacial score (nSPS) is 21.5. The number of amides is 1. The minimum absolute atomic E-state index is 0.0802. The number of carboxylic acids is 1. The molecule has 2 rings (SSSR count). The lowest BCUT2D eigenvalue weighted by molar-refractivity contribution is -0.146. The summed E-state index contributed by atoms with van der Waals surface area (Å²) in [6.45, 7) is 0. The van der Waals surface area contributed by atoms with Gasteiger partial charge in [0.15, 0.2) is 0 Å². The Morgan fingerprint density at radius 2 is 1.90 bits per heavy atom. The maximum absolute atomic E-state index is 12.9. The number of aliphatic carboxylic acids is 1. The van der Waals surface area contributed by atoms with Gasteiger partial charge in [0.1, 0.15) is 5.82 Å². The number of halogens is 2. The Balaban J connectivity index is 2.14. The number of nitrogens with one attached hydrogen (secondary N) is 1. The van der Waals surface area contributed by atoms with Gasteiger partial charge >= 0.3 is 5.97 Å². The van der Waals surface area contributed by atoms with Crippen LogP contribution in [0.4, 0.5) is 10.1 Å². The SMILES string of the molecule is O=C(O)C1CC=CCC1C(=O)Nc1ccc(F)cc1Cl. The predicted octanol–water partition coefficient (Wildman–Crippen LogP) is 3.08. The van der Waals surface area contributed by atoms with Crippen molar-refractivity contribution in [2.24, 2.45) is 11.8 Å². The van der Waals surface area contributed by atoms with Gasteiger partial charge in [0, 0.05) is 0 Å². The van der Waals surface area contributed by atoms with E-state index in [4.69, 9.17) is 16.7 Å². The van der Waals surface area contributed by atoms with Crippen LogP contribution in [0.1, 0.15) is 12.8 Å². The summed E-state index contributed by atoms with van der Waals surface area (Å²) in [7, 11) is 0. The van der Waals surface area contributed by atoms with Crippen molar-refractivity contribution in [2.75, 3.05) is 5.32 Å². The molecule has 0 heterocycles. The monoisotopic (exact) mass is 297 g/mol. The predicted molar refractivity (Wildman–Crippen MR) is 73.0 cm³/mol. The zero-order valence-corrected chi connectivity index (χ0v) is 11.2. The van der Waals surface area contributed by atoms with Crippen molar-refractivity contribution in [3.8, 4) is 0 Å². The Bertz CT molecular complexity index is 574. The fourth-order valence-corrected chi connectivity index (χ4v) is 2.41. The number of benzene rings is 1. The number of hydrogen-bond acceptors (Lipinski definition) is 2. The van der Waals surface area contributed by atoms with Crippen LogP contribution in [0.2, 0.25) is 5.02 Å². The molecule has 0 fully saturated rings. The van der Waals surface area contributed by atoms with Gasteiger partial charge in [0.2, 0.25) is 5.91 Å². The molecule has 20 heavy (non-hydrogen) atoms. The van der Waals surface area contributed by atoms with Gasteiger partial charge in [-0.2, -0.15) is 0 Å². The van der Waals surface area contributed by atoms with Crippen molar-refractivity contribution >= 4 is 29.2 Å². The zero-order chi connectivity index (χ0) is 14.7. The lowest BCUT2D eigenvalue weighted by Gasteiger charge is -2.24. The van der Waals surface area contributed by atoms with E-state index in [1.807, 2.05) is 0 Å². The van der Waals surface area contributed by atoms with Crippen LogP contribution in [-0.2, 0) is 9.59 Å². The van der Waals surface area contributed by atoms with Crippen LogP contribution in [-0.4, -0.2) is 17.0 Å². The highest BCUT2D eigenvalue weighted by Gasteiger charge is 2.34. The molecule has 0 aliphatic heterocycles. The lowest BCUT2D eigenvalue weighted by Crippen LogP contribution is -2.34. The van der Waals surface area contributed by atoms with Crippen molar-refractivity contribution in [3.05, 3.63) is 41.2 Å². The van der Waals surface area contributed by atoms with Crippen LogP contribution in [0.3, 0.4) is 0 Å². The average molecular weight is 298 g/mol. The van der Waals surface area contributed by atoms with Gasteiger partial charge in [-0.1, -0.05) is 23.8 Å². The third kappa shape index (κ3) is 3.17. The largest absolute Gasteiger partial charge is 0.481 e. The molecule has 1 aliphatic rings. The van der Waals surface area contributed by atoms with E-state index < -0.39 is 29.5 Å². The first-order valence-corrected chi connectivity index (χ1v) is 6.50. The molecular formula is C14H13ClFNO3. The first kappa shape index (κ1) is 14.5. The van der Waals surface area contributed by atoms with E-state index in [2.05, 4.69) is 5.32 Å². The number of hydrogen-bond donors (Lipinski definition) is 2. The molecular weight excluding hydrogens is 285 g/mol. The van der Waals surface area contributed by atoms with E-state index in [1.54, 1.807) is 12.2 Å². The van der Waals surface area contributed by atoms with Crippen molar-refractivity contribution in [3.63, 3.8) is 0 Å². The number of carbonyl (C=O) groups is 2. The van der Waals surface area contributed by atoms with Gasteiger partial charge in [0.25, 0.3) is 0 Å². The van der Waals surface area contributed by atoms with Crippen molar-refractivity contribution in [1.82, 2.24) is 0 Å². The van der Waals surface area contributed by atoms with Gasteiger partial charge in [0.05, 0.1) is 22.5 Å². The fourth-order valence-electron chi connectivity index (χ4n) is 2.19. The Morgan fingerprint density at radius 3 is 2.50 bits per heavy atom. The fraction of sp³-hybridized carbons (Fsp3) is 0.286. The second kappa shape index (κ2) is 6.05. The van der Waals surface area contributed by atoms with E-state index in [1.165, 1.54) is 12.1 Å². The summed E-state index contributed by atoms with van der Waals surface area (Å²) in [5, 5.41) is 11.8. The first-order chi connectivity index (χ1) is 9.49. The summed E-state index contributed by atoms with van der Waals surface area (Å²) < 4.78 is 12.9. The van der Waals surface area contributed by atoms with Gasteiger partial charge < -0.3 is 10.4 Å². The first-order valence-electron chi connectivity index (χ1n) is 6.12. The number of allylic oxidation sites excluding steroid dienone is 2. The molecule has 1 aromatic carbocycles. The summed E-state index contributed by atoms with van der Waals surface area (Å²) in [6, 6.07) is 3.62. The third-order valence-electron chi connectivity index (χ3n) is 3.28. The van der Waals surface area contributed by atoms with Gasteiger partial charge in [-0.05, 0) is 31.0 Å². The summed E-state index contributed by atoms with van der Waals surface area (Å²) >= 11 is 5.83. The Kier molecular flexibility index (Phi) is 4.39. The minimum Gasteiger partial charge on any atom is -0.481 e. The highest BCUT2D eigenvalue weighted by atomic mass is 35.5. The van der Waals surface area contributed by atoms with Crippen LogP contribution in [0.25, 0.3) is 0 Å². The zero-order valence-electron chi connectivity index (χ0n) is 10.5. The summed E-state index contributed by atoms with van der Waals surface area (Å²) in [5.41, 5.74) is 0.275. The second-order valence-corrected chi connectivity index (χ2v) is 5.01. The van der Waals surface area contributed by atoms with Crippen LogP contribution in [0.15, 0.2) is 30.4 Å². The number of carboxylic acid groups (broad SMARTS) is 1. The highest BCUT2D eigenvalue weighted by molar-refractivity contribution is 6.33. The molecule has 4 nitrogen and oxygen atoms in total. The number of anilines is 1. The van der Waals surface area contributed by atoms with Crippen molar-refractivity contribution in [2.45, 2.75) is 12.8 Å². The standard InChI is InChI=1S/C14H13ClFNO3/c15-11-7-8(16)5-6-12(11)17-13(18)9-3-1-2-4-10(9)14(19)20/h1-2,5-7,9-10H,3-4H2,(H,17,18)(H,19,20). The number of carbonyl (C=O) groups excluding carboxylic acids is 1. The summed E-state index contributed by atoms with van der Waals surface area (Å²) in [4.78, 5) is 23.3. The maximum Gasteiger partial charge on any atom is 0.307 e. The molecule has 0 spiro atoms. The molecule has 1 aromatic rings. The van der Waals surface area contributed by atoms with Crippen LogP contribution < -0.4 is 5.32 Å². The molecule has 106 valence electrons. The van der Waals surface area contributed by atoms with E-state index >= 15 is 0 Å².